The summed E-state index contributed by atoms with van der Waals surface area (Å²) in [5, 5.41) is 4.60. The number of hydrogen-bond donors (Lipinski definition) is 1. The maximum Gasteiger partial charge on any atom is 0.127 e. The van der Waals surface area contributed by atoms with Crippen LogP contribution in [-0.4, -0.2) is 14.2 Å². The van der Waals surface area contributed by atoms with Gasteiger partial charge in [-0.1, -0.05) is 23.2 Å². The number of nitrogens with one attached hydrogen (secondary N) is 1. The molecule has 0 bridgehead atoms. The highest BCUT2D eigenvalue weighted by Crippen LogP contribution is 2.30. The van der Waals surface area contributed by atoms with E-state index in [9.17, 15) is 0 Å². The Bertz CT molecular complexity index is 644. The smallest absolute Gasteiger partial charge is 0.127 e. The Balaban J connectivity index is 2.18. The predicted molar refractivity (Wildman–Crippen MR) is 88.1 cm³/mol. The van der Waals surface area contributed by atoms with Crippen molar-refractivity contribution in [1.82, 2.24) is 0 Å². The van der Waals surface area contributed by atoms with Gasteiger partial charge in [0.1, 0.15) is 11.5 Å². The lowest BCUT2D eigenvalue weighted by molar-refractivity contribution is 0.391. The molecule has 0 aliphatic carbocycles. The van der Waals surface area contributed by atoms with Crippen LogP contribution in [0.5, 0.6) is 11.5 Å². The van der Waals surface area contributed by atoms with Crippen LogP contribution in [0.1, 0.15) is 11.1 Å². The van der Waals surface area contributed by atoms with E-state index in [2.05, 4.69) is 5.32 Å². The molecule has 5 heteroatoms. The Kier molecular flexibility index (Phi) is 5.21. The number of anilines is 1. The van der Waals surface area contributed by atoms with Crippen LogP contribution in [0, 0.1) is 6.92 Å². The molecule has 0 radical (unpaired) electrons. The van der Waals surface area contributed by atoms with Crippen LogP contribution in [0.25, 0.3) is 0 Å². The van der Waals surface area contributed by atoms with Gasteiger partial charge in [-0.15, -0.1) is 0 Å². The quantitative estimate of drug-likeness (QED) is 0.845. The first-order chi connectivity index (χ1) is 10.0. The van der Waals surface area contributed by atoms with Crippen LogP contribution in [0.15, 0.2) is 30.3 Å². The van der Waals surface area contributed by atoms with E-state index in [1.165, 1.54) is 0 Å². The first kappa shape index (κ1) is 15.8. The molecule has 0 atom stereocenters. The third kappa shape index (κ3) is 3.74. The minimum Gasteiger partial charge on any atom is -0.497 e. The van der Waals surface area contributed by atoms with Gasteiger partial charge in [0.15, 0.2) is 0 Å². The molecular weight excluding hydrogens is 309 g/mol. The molecular formula is C16H17Cl2NO2. The Morgan fingerprint density at radius 3 is 2.43 bits per heavy atom. The van der Waals surface area contributed by atoms with Crippen molar-refractivity contribution in [2.24, 2.45) is 0 Å². The molecule has 1 N–H and O–H groups in total. The topological polar surface area (TPSA) is 30.5 Å². The lowest BCUT2D eigenvalue weighted by Crippen LogP contribution is -2.03. The SMILES string of the molecule is COc1ccc(CNc2cc(Cl)c(C)cc2Cl)c(OC)c1. The zero-order valence-electron chi connectivity index (χ0n) is 12.2. The van der Waals surface area contributed by atoms with Crippen LogP contribution in [-0.2, 0) is 6.54 Å². The number of rotatable bonds is 5. The second-order valence-electron chi connectivity index (χ2n) is 4.61. The fourth-order valence-electron chi connectivity index (χ4n) is 1.97. The van der Waals surface area contributed by atoms with Crippen LogP contribution in [0.4, 0.5) is 5.69 Å². The standard InChI is InChI=1S/C16H17Cl2NO2/c1-10-6-14(18)15(8-13(10)17)19-9-11-4-5-12(20-2)7-16(11)21-3/h4-8,19H,9H2,1-3H3. The molecule has 0 spiro atoms. The molecule has 3 nitrogen and oxygen atoms in total. The van der Waals surface area contributed by atoms with Crippen LogP contribution in [0.2, 0.25) is 10.0 Å². The van der Waals surface area contributed by atoms with Gasteiger partial charge in [0.2, 0.25) is 0 Å². The van der Waals surface area contributed by atoms with Crippen molar-refractivity contribution >= 4 is 28.9 Å². The number of hydrogen-bond acceptors (Lipinski definition) is 3. The average molecular weight is 326 g/mol. The molecule has 0 fully saturated rings. The van der Waals surface area contributed by atoms with Crippen molar-refractivity contribution in [2.75, 3.05) is 19.5 Å². The predicted octanol–water partition coefficient (Wildman–Crippen LogP) is 4.93. The molecule has 0 unspecified atom stereocenters. The van der Waals surface area contributed by atoms with Crippen molar-refractivity contribution in [2.45, 2.75) is 13.5 Å². The Hall–Kier alpha value is -1.58. The lowest BCUT2D eigenvalue weighted by Gasteiger charge is -2.13. The highest BCUT2D eigenvalue weighted by Gasteiger charge is 2.08. The van der Waals surface area contributed by atoms with Crippen molar-refractivity contribution in [3.63, 3.8) is 0 Å². The highest BCUT2D eigenvalue weighted by molar-refractivity contribution is 6.35. The van der Waals surface area contributed by atoms with Gasteiger partial charge in [0, 0.05) is 23.2 Å². The fraction of sp³-hybridized carbons (Fsp3) is 0.250. The normalized spacial score (nSPS) is 10.3. The van der Waals surface area contributed by atoms with Gasteiger partial charge in [-0.05, 0) is 36.8 Å². The van der Waals surface area contributed by atoms with E-state index in [1.807, 2.05) is 37.3 Å². The molecule has 0 aromatic heterocycles. The van der Waals surface area contributed by atoms with Gasteiger partial charge in [0.25, 0.3) is 0 Å². The van der Waals surface area contributed by atoms with Gasteiger partial charge in [-0.25, -0.2) is 0 Å². The number of benzene rings is 2. The first-order valence-electron chi connectivity index (χ1n) is 6.45. The van der Waals surface area contributed by atoms with E-state index in [0.717, 1.165) is 28.3 Å². The monoisotopic (exact) mass is 325 g/mol. The maximum atomic E-state index is 6.22. The lowest BCUT2D eigenvalue weighted by atomic mass is 10.1. The molecule has 0 aliphatic rings. The summed E-state index contributed by atoms with van der Waals surface area (Å²) >= 11 is 12.3. The van der Waals surface area contributed by atoms with Gasteiger partial charge in [-0.3, -0.25) is 0 Å². The molecule has 2 aromatic rings. The molecule has 21 heavy (non-hydrogen) atoms. The Morgan fingerprint density at radius 1 is 1.00 bits per heavy atom. The Labute approximate surface area is 134 Å². The van der Waals surface area contributed by atoms with E-state index in [4.69, 9.17) is 32.7 Å². The van der Waals surface area contributed by atoms with Crippen molar-refractivity contribution in [1.29, 1.82) is 0 Å². The molecule has 112 valence electrons. The largest absolute Gasteiger partial charge is 0.497 e. The van der Waals surface area contributed by atoms with E-state index in [-0.39, 0.29) is 0 Å². The summed E-state index contributed by atoms with van der Waals surface area (Å²) in [5.41, 5.74) is 2.76. The summed E-state index contributed by atoms with van der Waals surface area (Å²) in [4.78, 5) is 0. The second kappa shape index (κ2) is 6.92. The fourth-order valence-corrected chi connectivity index (χ4v) is 2.42. The average Bonchev–Trinajstić information content (AvgIpc) is 2.49. The van der Waals surface area contributed by atoms with E-state index in [1.54, 1.807) is 14.2 Å². The van der Waals surface area contributed by atoms with Crippen LogP contribution in [0.3, 0.4) is 0 Å². The summed E-state index contributed by atoms with van der Waals surface area (Å²) in [6, 6.07) is 9.37. The van der Waals surface area contributed by atoms with Crippen LogP contribution >= 0.6 is 23.2 Å². The molecule has 0 aliphatic heterocycles. The number of aryl methyl sites for hydroxylation is 1. The van der Waals surface area contributed by atoms with E-state index < -0.39 is 0 Å². The van der Waals surface area contributed by atoms with Crippen molar-refractivity contribution in [3.8, 4) is 11.5 Å². The molecule has 2 rings (SSSR count). The van der Waals surface area contributed by atoms with Gasteiger partial charge >= 0.3 is 0 Å². The van der Waals surface area contributed by atoms with Crippen LogP contribution < -0.4 is 14.8 Å². The third-order valence-electron chi connectivity index (χ3n) is 3.21. The summed E-state index contributed by atoms with van der Waals surface area (Å²) in [7, 11) is 3.26. The van der Waals surface area contributed by atoms with E-state index >= 15 is 0 Å². The number of methoxy groups -OCH3 is 2. The van der Waals surface area contributed by atoms with Crippen molar-refractivity contribution in [3.05, 3.63) is 51.5 Å². The highest BCUT2D eigenvalue weighted by atomic mass is 35.5. The van der Waals surface area contributed by atoms with Crippen molar-refractivity contribution < 1.29 is 9.47 Å². The zero-order valence-corrected chi connectivity index (χ0v) is 13.7. The minimum atomic E-state index is 0.576. The minimum absolute atomic E-state index is 0.576. The molecule has 0 heterocycles. The summed E-state index contributed by atoms with van der Waals surface area (Å²) in [6.45, 7) is 2.50. The maximum absolute atomic E-state index is 6.22. The first-order valence-corrected chi connectivity index (χ1v) is 7.21. The van der Waals surface area contributed by atoms with Gasteiger partial charge < -0.3 is 14.8 Å². The molecule has 0 saturated carbocycles. The number of halogens is 2. The van der Waals surface area contributed by atoms with E-state index in [0.29, 0.717) is 16.6 Å². The summed E-state index contributed by atoms with van der Waals surface area (Å²) in [6.07, 6.45) is 0. The van der Waals surface area contributed by atoms with Gasteiger partial charge in [-0.2, -0.15) is 0 Å². The second-order valence-corrected chi connectivity index (χ2v) is 5.43. The molecule has 2 aromatic carbocycles. The molecule has 0 amide bonds. The number of ether oxygens (including phenoxy) is 2. The Morgan fingerprint density at radius 2 is 1.76 bits per heavy atom. The zero-order chi connectivity index (χ0) is 15.4. The summed E-state index contributed by atoms with van der Waals surface area (Å²) < 4.78 is 10.6. The molecule has 0 saturated heterocycles. The third-order valence-corrected chi connectivity index (χ3v) is 3.93. The van der Waals surface area contributed by atoms with Gasteiger partial charge in [0.05, 0.1) is 24.9 Å². The summed E-state index contributed by atoms with van der Waals surface area (Å²) in [5.74, 6) is 1.52.